The molecular weight excluding hydrogens is 436 g/mol. The lowest BCUT2D eigenvalue weighted by atomic mass is 10.1. The van der Waals surface area contributed by atoms with Gasteiger partial charge in [0, 0.05) is 33.4 Å². The van der Waals surface area contributed by atoms with Crippen LogP contribution in [0, 0.1) is 6.92 Å². The second kappa shape index (κ2) is 9.88. The van der Waals surface area contributed by atoms with Gasteiger partial charge in [0.25, 0.3) is 17.7 Å². The highest BCUT2D eigenvalue weighted by Crippen LogP contribution is 2.23. The van der Waals surface area contributed by atoms with Crippen LogP contribution in [0.4, 0.5) is 16.5 Å². The van der Waals surface area contributed by atoms with Crippen LogP contribution in [0.3, 0.4) is 0 Å². The van der Waals surface area contributed by atoms with E-state index >= 15 is 0 Å². The molecule has 7 nitrogen and oxygen atoms in total. The highest BCUT2D eigenvalue weighted by atomic mass is 32.1. The third-order valence-corrected chi connectivity index (χ3v) is 5.50. The quantitative estimate of drug-likeness (QED) is 0.371. The van der Waals surface area contributed by atoms with Gasteiger partial charge in [-0.2, -0.15) is 0 Å². The number of nitrogens with zero attached hydrogens (tertiary/aromatic N) is 1. The van der Waals surface area contributed by atoms with Crippen molar-refractivity contribution in [1.82, 2.24) is 4.98 Å². The van der Waals surface area contributed by atoms with Crippen molar-refractivity contribution in [2.45, 2.75) is 6.92 Å². The Bertz CT molecular complexity index is 1230. The lowest BCUT2D eigenvalue weighted by molar-refractivity contribution is 0.101. The van der Waals surface area contributed by atoms with Gasteiger partial charge < -0.3 is 10.6 Å². The van der Waals surface area contributed by atoms with Gasteiger partial charge >= 0.3 is 0 Å². The molecule has 0 aliphatic rings. The number of thiazole rings is 1. The minimum Gasteiger partial charge on any atom is -0.322 e. The largest absolute Gasteiger partial charge is 0.322 e. The number of hydrogen-bond donors (Lipinski definition) is 3. The summed E-state index contributed by atoms with van der Waals surface area (Å²) in [6.45, 7) is 1.84. The summed E-state index contributed by atoms with van der Waals surface area (Å²) in [5.41, 5.74) is 2.75. The predicted molar refractivity (Wildman–Crippen MR) is 130 cm³/mol. The molecule has 4 aromatic rings. The maximum Gasteiger partial charge on any atom is 0.257 e. The van der Waals surface area contributed by atoms with Crippen molar-refractivity contribution in [2.75, 3.05) is 16.0 Å². The second-order valence-corrected chi connectivity index (χ2v) is 8.05. The van der Waals surface area contributed by atoms with Gasteiger partial charge in [-0.1, -0.05) is 36.4 Å². The first-order valence-electron chi connectivity index (χ1n) is 10.1. The van der Waals surface area contributed by atoms with Crippen molar-refractivity contribution in [3.63, 3.8) is 0 Å². The monoisotopic (exact) mass is 456 g/mol. The number of nitrogens with one attached hydrogen (secondary N) is 3. The minimum absolute atomic E-state index is 0.261. The van der Waals surface area contributed by atoms with Crippen LogP contribution in [-0.4, -0.2) is 22.7 Å². The van der Waals surface area contributed by atoms with E-state index in [4.69, 9.17) is 0 Å². The molecule has 0 fully saturated rings. The van der Waals surface area contributed by atoms with Crippen LogP contribution in [-0.2, 0) is 0 Å². The Kier molecular flexibility index (Phi) is 6.56. The van der Waals surface area contributed by atoms with Crippen molar-refractivity contribution < 1.29 is 14.4 Å². The van der Waals surface area contributed by atoms with Gasteiger partial charge in [-0.3, -0.25) is 19.7 Å². The van der Waals surface area contributed by atoms with E-state index in [1.807, 2.05) is 24.4 Å². The molecule has 0 atom stereocenters. The molecule has 0 saturated heterocycles. The van der Waals surface area contributed by atoms with Gasteiger partial charge in [-0.25, -0.2) is 4.98 Å². The SMILES string of the molecule is Cc1csc(NC(=O)c2cc(NC(=O)c3ccccc3)cc(NC(=O)c3ccccc3)c2)n1. The first-order chi connectivity index (χ1) is 16.0. The third kappa shape index (κ3) is 5.69. The minimum atomic E-state index is -0.407. The van der Waals surface area contributed by atoms with E-state index < -0.39 is 5.91 Å². The number of hydrogen-bond acceptors (Lipinski definition) is 5. The number of carbonyl (C=O) groups excluding carboxylic acids is 3. The zero-order valence-corrected chi connectivity index (χ0v) is 18.5. The molecule has 3 amide bonds. The molecule has 4 rings (SSSR count). The summed E-state index contributed by atoms with van der Waals surface area (Å²) in [5, 5.41) is 10.6. The van der Waals surface area contributed by atoms with E-state index in [2.05, 4.69) is 20.9 Å². The van der Waals surface area contributed by atoms with Crippen LogP contribution >= 0.6 is 11.3 Å². The second-order valence-electron chi connectivity index (χ2n) is 7.19. The van der Waals surface area contributed by atoms with Gasteiger partial charge in [0.1, 0.15) is 0 Å². The van der Waals surface area contributed by atoms with Crippen molar-refractivity contribution in [3.8, 4) is 0 Å². The number of benzene rings is 3. The fourth-order valence-electron chi connectivity index (χ4n) is 3.07. The van der Waals surface area contributed by atoms with Crippen molar-refractivity contribution in [3.05, 3.63) is 107 Å². The molecule has 0 bridgehead atoms. The van der Waals surface area contributed by atoms with Crippen molar-refractivity contribution >= 4 is 45.6 Å². The predicted octanol–water partition coefficient (Wildman–Crippen LogP) is 5.21. The molecular formula is C25H20N4O3S. The molecule has 0 saturated carbocycles. The summed E-state index contributed by atoms with van der Waals surface area (Å²) in [5.74, 6) is -1.07. The Morgan fingerprint density at radius 2 is 1.15 bits per heavy atom. The zero-order valence-electron chi connectivity index (χ0n) is 17.7. The molecule has 0 radical (unpaired) electrons. The Morgan fingerprint density at radius 1 is 0.667 bits per heavy atom. The molecule has 164 valence electrons. The number of rotatable bonds is 6. The maximum absolute atomic E-state index is 12.9. The lowest BCUT2D eigenvalue weighted by Crippen LogP contribution is -2.17. The summed E-state index contributed by atoms with van der Waals surface area (Å²) in [7, 11) is 0. The van der Waals surface area contributed by atoms with Crippen LogP contribution in [0.5, 0.6) is 0 Å². The van der Waals surface area contributed by atoms with E-state index in [1.54, 1.807) is 66.7 Å². The summed E-state index contributed by atoms with van der Waals surface area (Å²) >= 11 is 1.31. The average Bonchev–Trinajstić information content (AvgIpc) is 3.24. The summed E-state index contributed by atoms with van der Waals surface area (Å²) in [6.07, 6.45) is 0. The molecule has 3 N–H and O–H groups in total. The van der Waals surface area contributed by atoms with E-state index in [9.17, 15) is 14.4 Å². The summed E-state index contributed by atoms with van der Waals surface area (Å²) < 4.78 is 0. The molecule has 8 heteroatoms. The zero-order chi connectivity index (χ0) is 23.2. The van der Waals surface area contributed by atoms with Crippen LogP contribution in [0.15, 0.2) is 84.2 Å². The van der Waals surface area contributed by atoms with Crippen LogP contribution in [0.2, 0.25) is 0 Å². The van der Waals surface area contributed by atoms with Crippen molar-refractivity contribution in [1.29, 1.82) is 0 Å². The fraction of sp³-hybridized carbons (Fsp3) is 0.0400. The highest BCUT2D eigenvalue weighted by Gasteiger charge is 2.15. The molecule has 0 aliphatic heterocycles. The van der Waals surface area contributed by atoms with Gasteiger partial charge in [0.15, 0.2) is 5.13 Å². The van der Waals surface area contributed by atoms with Gasteiger partial charge in [0.2, 0.25) is 0 Å². The molecule has 0 aliphatic carbocycles. The Hall–Kier alpha value is -4.30. The third-order valence-electron chi connectivity index (χ3n) is 4.62. The summed E-state index contributed by atoms with van der Waals surface area (Å²) in [6, 6.07) is 22.2. The summed E-state index contributed by atoms with van der Waals surface area (Å²) in [4.78, 5) is 42.4. The van der Waals surface area contributed by atoms with E-state index in [0.717, 1.165) is 5.69 Å². The maximum atomic E-state index is 12.9. The molecule has 33 heavy (non-hydrogen) atoms. The molecule has 0 unspecified atom stereocenters. The normalized spacial score (nSPS) is 10.3. The van der Waals surface area contributed by atoms with Gasteiger partial charge in [0.05, 0.1) is 5.69 Å². The lowest BCUT2D eigenvalue weighted by Gasteiger charge is -2.12. The Morgan fingerprint density at radius 3 is 1.61 bits per heavy atom. The first-order valence-corrected chi connectivity index (χ1v) is 11.0. The Labute approximate surface area is 194 Å². The van der Waals surface area contributed by atoms with Crippen LogP contribution < -0.4 is 16.0 Å². The molecule has 3 aromatic carbocycles. The van der Waals surface area contributed by atoms with Crippen molar-refractivity contribution in [2.24, 2.45) is 0 Å². The number of anilines is 3. The first kappa shape index (κ1) is 21.9. The molecule has 0 spiro atoms. The average molecular weight is 457 g/mol. The number of aromatic nitrogens is 1. The molecule has 1 heterocycles. The van der Waals surface area contributed by atoms with E-state index in [1.165, 1.54) is 11.3 Å². The Balaban J connectivity index is 1.62. The molecule has 1 aromatic heterocycles. The highest BCUT2D eigenvalue weighted by molar-refractivity contribution is 7.13. The van der Waals surface area contributed by atoms with Gasteiger partial charge in [-0.05, 0) is 49.4 Å². The van der Waals surface area contributed by atoms with Crippen LogP contribution in [0.25, 0.3) is 0 Å². The fourth-order valence-corrected chi connectivity index (χ4v) is 3.75. The number of carbonyl (C=O) groups is 3. The number of amides is 3. The topological polar surface area (TPSA) is 100 Å². The standard InChI is InChI=1S/C25H20N4O3S/c1-16-15-33-25(26-16)29-24(32)19-12-20(27-22(30)17-8-4-2-5-9-17)14-21(13-19)28-23(31)18-10-6-3-7-11-18/h2-15H,1H3,(H,27,30)(H,28,31)(H,26,29,32). The van der Waals surface area contributed by atoms with Crippen LogP contribution in [0.1, 0.15) is 36.8 Å². The van der Waals surface area contributed by atoms with Gasteiger partial charge in [-0.15, -0.1) is 11.3 Å². The van der Waals surface area contributed by atoms with E-state index in [0.29, 0.717) is 27.6 Å². The number of aryl methyl sites for hydroxylation is 1. The van der Waals surface area contributed by atoms with E-state index in [-0.39, 0.29) is 17.4 Å². The smallest absolute Gasteiger partial charge is 0.257 e.